The van der Waals surface area contributed by atoms with Crippen LogP contribution in [0, 0.1) is 5.92 Å². The molecule has 0 aromatic heterocycles. The van der Waals surface area contributed by atoms with E-state index in [-0.39, 0.29) is 5.38 Å². The molecule has 13 heavy (non-hydrogen) atoms. The summed E-state index contributed by atoms with van der Waals surface area (Å²) in [5.74, 6) is 1.42. The van der Waals surface area contributed by atoms with Gasteiger partial charge in [0.1, 0.15) is 5.76 Å². The Hall–Kier alpha value is -0.690. The molecule has 1 nitrogen and oxygen atoms in total. The van der Waals surface area contributed by atoms with Gasteiger partial charge < -0.3 is 4.74 Å². The molecule has 0 amide bonds. The molecule has 0 spiro atoms. The van der Waals surface area contributed by atoms with E-state index in [1.165, 1.54) is 0 Å². The first-order valence-electron chi connectivity index (χ1n) is 4.65. The molecule has 2 unspecified atom stereocenters. The zero-order valence-corrected chi connectivity index (χ0v) is 8.42. The van der Waals surface area contributed by atoms with Crippen molar-refractivity contribution < 1.29 is 4.74 Å². The maximum absolute atomic E-state index is 6.19. The predicted molar refractivity (Wildman–Crippen MR) is 54.7 cm³/mol. The van der Waals surface area contributed by atoms with Crippen molar-refractivity contribution in [3.63, 3.8) is 0 Å². The van der Waals surface area contributed by atoms with Crippen LogP contribution in [0.5, 0.6) is 0 Å². The molecule has 0 bridgehead atoms. The van der Waals surface area contributed by atoms with Crippen molar-refractivity contribution in [1.82, 2.24) is 0 Å². The second kappa shape index (κ2) is 3.59. The molecular formula is C11H13ClO. The lowest BCUT2D eigenvalue weighted by Crippen LogP contribution is -2.15. The van der Waals surface area contributed by atoms with Gasteiger partial charge in [0.2, 0.25) is 0 Å². The zero-order valence-electron chi connectivity index (χ0n) is 7.66. The van der Waals surface area contributed by atoms with E-state index in [1.807, 2.05) is 6.08 Å². The minimum absolute atomic E-state index is 0.120. The van der Waals surface area contributed by atoms with Gasteiger partial charge in [-0.1, -0.05) is 25.2 Å². The number of halogens is 1. The van der Waals surface area contributed by atoms with Gasteiger partial charge in [-0.2, -0.15) is 0 Å². The second-order valence-electron chi connectivity index (χ2n) is 3.50. The molecule has 0 fully saturated rings. The quantitative estimate of drug-likeness (QED) is 0.542. The Kier molecular flexibility index (Phi) is 2.45. The Labute approximate surface area is 83.7 Å². The highest BCUT2D eigenvalue weighted by Gasteiger charge is 2.20. The first-order valence-corrected chi connectivity index (χ1v) is 5.08. The highest BCUT2D eigenvalue weighted by molar-refractivity contribution is 6.22. The third-order valence-electron chi connectivity index (χ3n) is 2.38. The summed E-state index contributed by atoms with van der Waals surface area (Å²) in [6.07, 6.45) is 9.33. The van der Waals surface area contributed by atoms with Crippen LogP contribution in [0.4, 0.5) is 0 Å². The number of hydrogen-bond acceptors (Lipinski definition) is 1. The van der Waals surface area contributed by atoms with Crippen LogP contribution in [0.2, 0.25) is 0 Å². The van der Waals surface area contributed by atoms with E-state index < -0.39 is 0 Å². The first kappa shape index (κ1) is 8.89. The summed E-state index contributed by atoms with van der Waals surface area (Å²) in [6.45, 7) is 2.88. The SMILES string of the molecule is CC1C=CC2=C(C=C1)C(Cl)CCO2. The van der Waals surface area contributed by atoms with Crippen molar-refractivity contribution in [3.05, 3.63) is 35.6 Å². The Morgan fingerprint density at radius 2 is 2.15 bits per heavy atom. The van der Waals surface area contributed by atoms with Gasteiger partial charge in [0.15, 0.2) is 0 Å². The number of allylic oxidation sites excluding steroid dienone is 5. The monoisotopic (exact) mass is 196 g/mol. The second-order valence-corrected chi connectivity index (χ2v) is 4.03. The first-order chi connectivity index (χ1) is 6.27. The van der Waals surface area contributed by atoms with Crippen LogP contribution in [0.15, 0.2) is 35.6 Å². The molecule has 70 valence electrons. The smallest absolute Gasteiger partial charge is 0.123 e. The Bertz CT molecular complexity index is 288. The van der Waals surface area contributed by atoms with E-state index in [4.69, 9.17) is 16.3 Å². The summed E-state index contributed by atoms with van der Waals surface area (Å²) >= 11 is 6.19. The maximum Gasteiger partial charge on any atom is 0.123 e. The van der Waals surface area contributed by atoms with Crippen LogP contribution >= 0.6 is 11.6 Å². The van der Waals surface area contributed by atoms with Gasteiger partial charge in [-0.15, -0.1) is 11.6 Å². The van der Waals surface area contributed by atoms with Crippen molar-refractivity contribution in [2.75, 3.05) is 6.61 Å². The van der Waals surface area contributed by atoms with Crippen LogP contribution in [-0.4, -0.2) is 12.0 Å². The van der Waals surface area contributed by atoms with Crippen LogP contribution in [0.25, 0.3) is 0 Å². The fourth-order valence-corrected chi connectivity index (χ4v) is 1.82. The molecule has 1 heterocycles. The molecule has 1 aliphatic heterocycles. The Balaban J connectivity index is 2.34. The van der Waals surface area contributed by atoms with E-state index in [0.717, 1.165) is 24.4 Å². The molecule has 0 saturated heterocycles. The van der Waals surface area contributed by atoms with Crippen molar-refractivity contribution in [2.24, 2.45) is 5.92 Å². The van der Waals surface area contributed by atoms with Gasteiger partial charge in [-0.25, -0.2) is 0 Å². The van der Waals surface area contributed by atoms with Gasteiger partial charge in [-0.05, 0) is 12.0 Å². The van der Waals surface area contributed by atoms with Gasteiger partial charge in [0.05, 0.1) is 12.0 Å². The average Bonchev–Trinajstić information content (AvgIpc) is 2.30. The van der Waals surface area contributed by atoms with Crippen LogP contribution in [-0.2, 0) is 4.74 Å². The lowest BCUT2D eigenvalue weighted by molar-refractivity contribution is 0.203. The molecule has 2 rings (SSSR count). The van der Waals surface area contributed by atoms with E-state index in [1.54, 1.807) is 0 Å². The topological polar surface area (TPSA) is 9.23 Å². The van der Waals surface area contributed by atoms with Crippen molar-refractivity contribution >= 4 is 11.6 Å². The van der Waals surface area contributed by atoms with Gasteiger partial charge in [0.25, 0.3) is 0 Å². The van der Waals surface area contributed by atoms with Crippen molar-refractivity contribution in [2.45, 2.75) is 18.7 Å². The molecule has 1 aliphatic carbocycles. The highest BCUT2D eigenvalue weighted by atomic mass is 35.5. The Morgan fingerprint density at radius 1 is 1.38 bits per heavy atom. The third-order valence-corrected chi connectivity index (χ3v) is 2.83. The average molecular weight is 197 g/mol. The van der Waals surface area contributed by atoms with Crippen LogP contribution in [0.1, 0.15) is 13.3 Å². The molecular weight excluding hydrogens is 184 g/mol. The summed E-state index contributed by atoms with van der Waals surface area (Å²) < 4.78 is 5.54. The highest BCUT2D eigenvalue weighted by Crippen LogP contribution is 2.28. The fourth-order valence-electron chi connectivity index (χ4n) is 1.56. The Morgan fingerprint density at radius 3 is 3.00 bits per heavy atom. The minimum atomic E-state index is 0.120. The molecule has 2 atom stereocenters. The summed E-state index contributed by atoms with van der Waals surface area (Å²) in [6, 6.07) is 0. The molecule has 0 aromatic rings. The summed E-state index contributed by atoms with van der Waals surface area (Å²) in [5.41, 5.74) is 1.13. The fraction of sp³-hybridized carbons (Fsp3) is 0.455. The summed E-state index contributed by atoms with van der Waals surface area (Å²) in [4.78, 5) is 0. The molecule has 2 heteroatoms. The molecule has 0 aromatic carbocycles. The number of alkyl halides is 1. The van der Waals surface area contributed by atoms with Crippen molar-refractivity contribution in [1.29, 1.82) is 0 Å². The lowest BCUT2D eigenvalue weighted by atomic mass is 10.1. The number of rotatable bonds is 0. The van der Waals surface area contributed by atoms with Gasteiger partial charge >= 0.3 is 0 Å². The summed E-state index contributed by atoms with van der Waals surface area (Å²) in [5, 5.41) is 0.120. The standard InChI is InChI=1S/C11H13ClO/c1-8-2-4-9-10(12)6-7-13-11(9)5-3-8/h2-5,8,10H,6-7H2,1H3. The van der Waals surface area contributed by atoms with E-state index in [2.05, 4.69) is 25.2 Å². The van der Waals surface area contributed by atoms with Crippen molar-refractivity contribution in [3.8, 4) is 0 Å². The summed E-state index contributed by atoms with van der Waals surface area (Å²) in [7, 11) is 0. The van der Waals surface area contributed by atoms with Crippen LogP contribution in [0.3, 0.4) is 0 Å². The van der Waals surface area contributed by atoms with E-state index in [0.29, 0.717) is 5.92 Å². The zero-order chi connectivity index (χ0) is 9.26. The van der Waals surface area contributed by atoms with E-state index in [9.17, 15) is 0 Å². The maximum atomic E-state index is 6.19. The number of hydrogen-bond donors (Lipinski definition) is 0. The van der Waals surface area contributed by atoms with Gasteiger partial charge in [0, 0.05) is 12.0 Å². The normalized spacial score (nSPS) is 32.5. The number of ether oxygens (including phenoxy) is 1. The molecule has 0 radical (unpaired) electrons. The van der Waals surface area contributed by atoms with E-state index >= 15 is 0 Å². The molecule has 0 saturated carbocycles. The molecule has 0 N–H and O–H groups in total. The van der Waals surface area contributed by atoms with Gasteiger partial charge in [-0.3, -0.25) is 0 Å². The largest absolute Gasteiger partial charge is 0.493 e. The third kappa shape index (κ3) is 1.80. The molecule has 2 aliphatic rings. The lowest BCUT2D eigenvalue weighted by Gasteiger charge is -2.21. The minimum Gasteiger partial charge on any atom is -0.493 e. The predicted octanol–water partition coefficient (Wildman–Crippen LogP) is 3.03. The van der Waals surface area contributed by atoms with Crippen LogP contribution < -0.4 is 0 Å².